The van der Waals surface area contributed by atoms with E-state index in [2.05, 4.69) is 35.8 Å². The topological polar surface area (TPSA) is 41.1 Å². The molecule has 1 heterocycles. The zero-order valence-electron chi connectivity index (χ0n) is 16.1. The van der Waals surface area contributed by atoms with Crippen molar-refractivity contribution >= 4 is 28.8 Å². The van der Waals surface area contributed by atoms with Gasteiger partial charge < -0.3 is 10.6 Å². The first-order chi connectivity index (χ1) is 13.5. The number of Topliss-reactive ketones (excluding diaryl/α,β-unsaturated/α-hetero) is 1. The normalized spacial score (nSPS) is 22.9. The highest BCUT2D eigenvalue weighted by Gasteiger charge is 2.44. The first kappa shape index (κ1) is 17.8. The smallest absolute Gasteiger partial charge is 0.163 e. The molecular weight excluding hydrogens is 368 g/mol. The highest BCUT2D eigenvalue weighted by Crippen LogP contribution is 2.53. The molecule has 1 spiro atoms. The van der Waals surface area contributed by atoms with Gasteiger partial charge in [-0.15, -0.1) is 0 Å². The van der Waals surface area contributed by atoms with Crippen molar-refractivity contribution in [2.24, 2.45) is 5.41 Å². The van der Waals surface area contributed by atoms with Crippen molar-refractivity contribution in [2.45, 2.75) is 51.5 Å². The second-order valence-electron chi connectivity index (χ2n) is 8.65. The van der Waals surface area contributed by atoms with E-state index in [0.29, 0.717) is 11.4 Å². The number of aryl methyl sites for hydroxylation is 1. The Kier molecular flexibility index (Phi) is 4.24. The Labute approximate surface area is 171 Å². The van der Waals surface area contributed by atoms with E-state index in [1.807, 2.05) is 24.3 Å². The molecule has 1 atom stereocenters. The third kappa shape index (κ3) is 2.93. The number of ketones is 1. The summed E-state index contributed by atoms with van der Waals surface area (Å²) in [5, 5.41) is 7.97. The lowest BCUT2D eigenvalue weighted by Gasteiger charge is -2.36. The average molecular weight is 393 g/mol. The predicted octanol–water partition coefficient (Wildman–Crippen LogP) is 6.40. The Morgan fingerprint density at radius 2 is 1.82 bits per heavy atom. The molecule has 1 saturated carbocycles. The lowest BCUT2D eigenvalue weighted by atomic mass is 9.70. The van der Waals surface area contributed by atoms with Crippen LogP contribution in [0.3, 0.4) is 0 Å². The van der Waals surface area contributed by atoms with Crippen LogP contribution in [0.2, 0.25) is 5.02 Å². The standard InChI is InChI=1S/C24H25ClN2O/c1-15-8-9-18-19(12-15)27-23(16-6-2-3-7-17(16)25)22-20(26-18)13-24(14-21(22)28)10-4-5-11-24/h2-3,6-9,12,23,26-27H,4-5,10-11,13-14H2,1H3. The van der Waals surface area contributed by atoms with Crippen LogP contribution in [0.15, 0.2) is 53.7 Å². The van der Waals surface area contributed by atoms with E-state index in [0.717, 1.165) is 47.5 Å². The fraction of sp³-hybridized carbons (Fsp3) is 0.375. The van der Waals surface area contributed by atoms with Crippen LogP contribution < -0.4 is 10.6 Å². The van der Waals surface area contributed by atoms with E-state index in [4.69, 9.17) is 11.6 Å². The van der Waals surface area contributed by atoms with E-state index < -0.39 is 0 Å². The first-order valence-electron chi connectivity index (χ1n) is 10.2. The van der Waals surface area contributed by atoms with Crippen LogP contribution in [0.5, 0.6) is 0 Å². The van der Waals surface area contributed by atoms with Gasteiger partial charge in [-0.2, -0.15) is 0 Å². The molecule has 3 nitrogen and oxygen atoms in total. The number of benzene rings is 2. The number of allylic oxidation sites excluding steroid dienone is 1. The molecule has 2 aromatic rings. The summed E-state index contributed by atoms with van der Waals surface area (Å²) in [6.07, 6.45) is 6.38. The number of anilines is 2. The van der Waals surface area contributed by atoms with Crippen LogP contribution >= 0.6 is 11.6 Å². The minimum Gasteiger partial charge on any atom is -0.372 e. The number of rotatable bonds is 1. The third-order valence-corrected chi connectivity index (χ3v) is 6.99. The quantitative estimate of drug-likeness (QED) is 0.589. The molecule has 0 amide bonds. The molecule has 3 aliphatic rings. The van der Waals surface area contributed by atoms with E-state index >= 15 is 0 Å². The molecule has 1 unspecified atom stereocenters. The van der Waals surface area contributed by atoms with Crippen LogP contribution in [0.1, 0.15) is 55.7 Å². The number of halogens is 1. The number of nitrogens with one attached hydrogen (secondary N) is 2. The van der Waals surface area contributed by atoms with Gasteiger partial charge in [0.05, 0.1) is 17.4 Å². The van der Waals surface area contributed by atoms with Crippen molar-refractivity contribution in [3.63, 3.8) is 0 Å². The molecule has 2 aliphatic carbocycles. The summed E-state index contributed by atoms with van der Waals surface area (Å²) in [4.78, 5) is 13.5. The maximum atomic E-state index is 13.5. The van der Waals surface area contributed by atoms with Crippen molar-refractivity contribution in [1.82, 2.24) is 0 Å². The van der Waals surface area contributed by atoms with Crippen LogP contribution in [0.4, 0.5) is 11.4 Å². The number of hydrogen-bond donors (Lipinski definition) is 2. The van der Waals surface area contributed by atoms with E-state index in [1.165, 1.54) is 18.4 Å². The zero-order chi connectivity index (χ0) is 19.3. The highest BCUT2D eigenvalue weighted by molar-refractivity contribution is 6.31. The van der Waals surface area contributed by atoms with Gasteiger partial charge in [0.2, 0.25) is 0 Å². The zero-order valence-corrected chi connectivity index (χ0v) is 16.9. The number of fused-ring (bicyclic) bond motifs is 1. The summed E-state index contributed by atoms with van der Waals surface area (Å²) >= 11 is 6.57. The molecule has 0 aromatic heterocycles. The molecule has 1 fully saturated rings. The molecule has 4 heteroatoms. The van der Waals surface area contributed by atoms with Crippen molar-refractivity contribution in [1.29, 1.82) is 0 Å². The Hall–Kier alpha value is -2.26. The summed E-state index contributed by atoms with van der Waals surface area (Å²) in [6.45, 7) is 2.09. The Morgan fingerprint density at radius 3 is 2.61 bits per heavy atom. The van der Waals surface area contributed by atoms with Crippen LogP contribution in [-0.4, -0.2) is 5.78 Å². The summed E-state index contributed by atoms with van der Waals surface area (Å²) < 4.78 is 0. The van der Waals surface area contributed by atoms with Gasteiger partial charge in [0.25, 0.3) is 0 Å². The van der Waals surface area contributed by atoms with Crippen molar-refractivity contribution in [3.8, 4) is 0 Å². The van der Waals surface area contributed by atoms with Crippen LogP contribution in [0.25, 0.3) is 0 Å². The summed E-state index contributed by atoms with van der Waals surface area (Å²) in [5.41, 5.74) is 6.29. The lowest BCUT2D eigenvalue weighted by Crippen LogP contribution is -2.33. The maximum absolute atomic E-state index is 13.5. The van der Waals surface area contributed by atoms with Gasteiger partial charge in [-0.25, -0.2) is 0 Å². The number of carbonyl (C=O) groups is 1. The minimum atomic E-state index is -0.231. The van der Waals surface area contributed by atoms with Crippen LogP contribution in [0, 0.1) is 12.3 Å². The van der Waals surface area contributed by atoms with Crippen LogP contribution in [-0.2, 0) is 4.79 Å². The molecule has 28 heavy (non-hydrogen) atoms. The second-order valence-corrected chi connectivity index (χ2v) is 9.06. The predicted molar refractivity (Wildman–Crippen MR) is 115 cm³/mol. The molecular formula is C24H25ClN2O. The SMILES string of the molecule is Cc1ccc2c(c1)NC(c1ccccc1Cl)C1=C(CC3(CCCC3)CC1=O)N2. The fourth-order valence-electron chi connectivity index (χ4n) is 5.28. The summed E-state index contributed by atoms with van der Waals surface area (Å²) in [7, 11) is 0. The van der Waals surface area contributed by atoms with E-state index in [1.54, 1.807) is 0 Å². The Balaban J connectivity index is 1.68. The van der Waals surface area contributed by atoms with Crippen molar-refractivity contribution in [2.75, 3.05) is 10.6 Å². The van der Waals surface area contributed by atoms with E-state index in [9.17, 15) is 4.79 Å². The molecule has 1 aliphatic heterocycles. The second kappa shape index (κ2) is 6.66. The largest absolute Gasteiger partial charge is 0.372 e. The van der Waals surface area contributed by atoms with Gasteiger partial charge >= 0.3 is 0 Å². The summed E-state index contributed by atoms with van der Waals surface area (Å²) in [5.74, 6) is 0.262. The first-order valence-corrected chi connectivity index (χ1v) is 10.6. The van der Waals surface area contributed by atoms with Gasteiger partial charge in [0.1, 0.15) is 0 Å². The molecule has 2 N–H and O–H groups in total. The minimum absolute atomic E-state index is 0.142. The van der Waals surface area contributed by atoms with E-state index in [-0.39, 0.29) is 17.2 Å². The molecule has 0 bridgehead atoms. The van der Waals surface area contributed by atoms with Crippen molar-refractivity contribution < 1.29 is 4.79 Å². The van der Waals surface area contributed by atoms with Gasteiger partial charge in [0, 0.05) is 22.7 Å². The number of hydrogen-bond acceptors (Lipinski definition) is 3. The lowest BCUT2D eigenvalue weighted by molar-refractivity contribution is -0.118. The maximum Gasteiger partial charge on any atom is 0.163 e. The fourth-order valence-corrected chi connectivity index (χ4v) is 5.53. The molecule has 5 rings (SSSR count). The van der Waals surface area contributed by atoms with Gasteiger partial charge in [0.15, 0.2) is 5.78 Å². The molecule has 0 radical (unpaired) electrons. The third-order valence-electron chi connectivity index (χ3n) is 6.64. The summed E-state index contributed by atoms with van der Waals surface area (Å²) in [6, 6.07) is 14.0. The highest BCUT2D eigenvalue weighted by atomic mass is 35.5. The van der Waals surface area contributed by atoms with Gasteiger partial charge in [-0.05, 0) is 60.9 Å². The molecule has 2 aromatic carbocycles. The number of carbonyl (C=O) groups excluding carboxylic acids is 1. The monoisotopic (exact) mass is 392 g/mol. The van der Waals surface area contributed by atoms with Gasteiger partial charge in [-0.3, -0.25) is 4.79 Å². The average Bonchev–Trinajstić information content (AvgIpc) is 3.03. The molecule has 144 valence electrons. The Morgan fingerprint density at radius 1 is 1.04 bits per heavy atom. The Bertz CT molecular complexity index is 988. The molecule has 0 saturated heterocycles. The van der Waals surface area contributed by atoms with Gasteiger partial charge in [-0.1, -0.05) is 48.7 Å². The van der Waals surface area contributed by atoms with Crippen molar-refractivity contribution in [3.05, 3.63) is 69.9 Å².